The summed E-state index contributed by atoms with van der Waals surface area (Å²) >= 11 is 0. The molecule has 0 aliphatic heterocycles. The number of phenolic OH excluding ortho intramolecular Hbond substituents is 1. The Balaban J connectivity index is 2.32. The summed E-state index contributed by atoms with van der Waals surface area (Å²) in [6, 6.07) is 14.3. The van der Waals surface area contributed by atoms with Gasteiger partial charge in [0, 0.05) is 17.6 Å². The van der Waals surface area contributed by atoms with Gasteiger partial charge in [-0.05, 0) is 23.3 Å². The average molecular weight is 266 g/mol. The molecular weight excluding hydrogens is 256 g/mol. The fourth-order valence-electron chi connectivity index (χ4n) is 2.21. The molecule has 0 saturated heterocycles. The van der Waals surface area contributed by atoms with Crippen molar-refractivity contribution in [3.63, 3.8) is 0 Å². The highest BCUT2D eigenvalue weighted by molar-refractivity contribution is 5.98. The van der Waals surface area contributed by atoms with E-state index >= 15 is 0 Å². The van der Waals surface area contributed by atoms with Crippen LogP contribution in [0, 0.1) is 10.1 Å². The Hall–Kier alpha value is -2.95. The third-order valence-corrected chi connectivity index (χ3v) is 3.15. The van der Waals surface area contributed by atoms with E-state index in [4.69, 9.17) is 0 Å². The van der Waals surface area contributed by atoms with Crippen LogP contribution < -0.4 is 0 Å². The highest BCUT2D eigenvalue weighted by atomic mass is 16.6. The topological polar surface area (TPSA) is 76.3 Å². The number of aromatic nitrogens is 1. The number of hydrogen-bond donors (Lipinski definition) is 1. The third-order valence-electron chi connectivity index (χ3n) is 3.15. The summed E-state index contributed by atoms with van der Waals surface area (Å²) in [5.41, 5.74) is 1.74. The minimum Gasteiger partial charge on any atom is -0.501 e. The van der Waals surface area contributed by atoms with E-state index in [9.17, 15) is 15.2 Å². The van der Waals surface area contributed by atoms with Gasteiger partial charge in [-0.3, -0.25) is 15.1 Å². The van der Waals surface area contributed by atoms with Crippen LogP contribution in [0.5, 0.6) is 5.75 Å². The van der Waals surface area contributed by atoms with Crippen LogP contribution in [-0.2, 0) is 0 Å². The first-order valence-corrected chi connectivity index (χ1v) is 5.99. The smallest absolute Gasteiger partial charge is 0.313 e. The maximum atomic E-state index is 10.8. The molecule has 0 bridgehead atoms. The molecule has 0 spiro atoms. The van der Waals surface area contributed by atoms with Gasteiger partial charge in [0.1, 0.15) is 5.52 Å². The number of benzene rings is 2. The van der Waals surface area contributed by atoms with E-state index in [1.165, 1.54) is 12.3 Å². The molecular formula is C15H10N2O3. The van der Waals surface area contributed by atoms with Crippen LogP contribution in [-0.4, -0.2) is 15.0 Å². The first-order chi connectivity index (χ1) is 9.68. The van der Waals surface area contributed by atoms with Crippen LogP contribution in [0.1, 0.15) is 0 Å². The molecule has 0 atom stereocenters. The Kier molecular flexibility index (Phi) is 2.80. The van der Waals surface area contributed by atoms with Gasteiger partial charge in [-0.2, -0.15) is 0 Å². The molecule has 3 rings (SSSR count). The number of phenols is 1. The summed E-state index contributed by atoms with van der Waals surface area (Å²) in [5, 5.41) is 21.5. The third kappa shape index (κ3) is 1.85. The van der Waals surface area contributed by atoms with Gasteiger partial charge >= 0.3 is 5.69 Å². The zero-order valence-electron chi connectivity index (χ0n) is 10.4. The van der Waals surface area contributed by atoms with Gasteiger partial charge < -0.3 is 5.11 Å². The van der Waals surface area contributed by atoms with E-state index in [0.717, 1.165) is 11.1 Å². The van der Waals surface area contributed by atoms with Crippen molar-refractivity contribution in [3.05, 3.63) is 64.8 Å². The van der Waals surface area contributed by atoms with Crippen molar-refractivity contribution in [1.29, 1.82) is 0 Å². The van der Waals surface area contributed by atoms with Crippen molar-refractivity contribution < 1.29 is 10.0 Å². The standard InChI is InChI=1S/C15H10N2O3/c18-15-13(17(19)20)7-6-12-11(8-9-16-14(12)15)10-4-2-1-3-5-10/h1-9,18H. The van der Waals surface area contributed by atoms with Gasteiger partial charge in [0.2, 0.25) is 5.75 Å². The number of hydrogen-bond acceptors (Lipinski definition) is 4. The van der Waals surface area contributed by atoms with Crippen molar-refractivity contribution in [2.24, 2.45) is 0 Å². The molecule has 0 saturated carbocycles. The maximum Gasteiger partial charge on any atom is 0.313 e. The lowest BCUT2D eigenvalue weighted by Gasteiger charge is -2.07. The highest BCUT2D eigenvalue weighted by Gasteiger charge is 2.18. The summed E-state index contributed by atoms with van der Waals surface area (Å²) in [6.45, 7) is 0. The predicted octanol–water partition coefficient (Wildman–Crippen LogP) is 3.52. The number of aromatic hydroxyl groups is 1. The molecule has 5 heteroatoms. The summed E-state index contributed by atoms with van der Waals surface area (Å²) in [5.74, 6) is -0.398. The van der Waals surface area contributed by atoms with Gasteiger partial charge in [-0.15, -0.1) is 0 Å². The van der Waals surface area contributed by atoms with Crippen LogP contribution in [0.2, 0.25) is 0 Å². The Labute approximate surface area is 114 Å². The Bertz CT molecular complexity index is 801. The van der Waals surface area contributed by atoms with Gasteiger partial charge in [0.05, 0.1) is 4.92 Å². The largest absolute Gasteiger partial charge is 0.501 e. The lowest BCUT2D eigenvalue weighted by Crippen LogP contribution is -1.91. The fraction of sp³-hybridized carbons (Fsp3) is 0. The molecule has 0 aliphatic carbocycles. The Morgan fingerprint density at radius 3 is 2.50 bits per heavy atom. The number of pyridine rings is 1. The SMILES string of the molecule is O=[N+]([O-])c1ccc2c(-c3ccccc3)ccnc2c1O. The molecule has 0 amide bonds. The molecule has 3 aromatic rings. The fourth-order valence-corrected chi connectivity index (χ4v) is 2.21. The van der Waals surface area contributed by atoms with Crippen molar-refractivity contribution in [1.82, 2.24) is 4.98 Å². The monoisotopic (exact) mass is 266 g/mol. The highest BCUT2D eigenvalue weighted by Crippen LogP contribution is 2.36. The predicted molar refractivity (Wildman–Crippen MR) is 75.5 cm³/mol. The molecule has 2 aromatic carbocycles. The molecule has 0 unspecified atom stereocenters. The van der Waals surface area contributed by atoms with Gasteiger partial charge in [0.25, 0.3) is 0 Å². The minimum absolute atomic E-state index is 0.237. The van der Waals surface area contributed by atoms with E-state index in [-0.39, 0.29) is 11.2 Å². The minimum atomic E-state index is -0.619. The second-order valence-electron chi connectivity index (χ2n) is 4.31. The van der Waals surface area contributed by atoms with Crippen LogP contribution >= 0.6 is 0 Å². The first kappa shape index (κ1) is 12.1. The van der Waals surface area contributed by atoms with E-state index in [1.54, 1.807) is 6.07 Å². The molecule has 0 radical (unpaired) electrons. The van der Waals surface area contributed by atoms with Crippen molar-refractivity contribution in [2.75, 3.05) is 0 Å². The Morgan fingerprint density at radius 2 is 1.80 bits per heavy atom. The van der Waals surface area contributed by atoms with Crippen LogP contribution in [0.3, 0.4) is 0 Å². The second-order valence-corrected chi connectivity index (χ2v) is 4.31. The van der Waals surface area contributed by atoms with Gasteiger partial charge in [0.15, 0.2) is 0 Å². The number of nitro groups is 1. The quantitative estimate of drug-likeness (QED) is 0.568. The summed E-state index contributed by atoms with van der Waals surface area (Å²) < 4.78 is 0. The normalized spacial score (nSPS) is 10.6. The number of nitrogens with zero attached hydrogens (tertiary/aromatic N) is 2. The summed E-state index contributed by atoms with van der Waals surface area (Å²) in [6.07, 6.45) is 1.54. The molecule has 20 heavy (non-hydrogen) atoms. The van der Waals surface area contributed by atoms with E-state index in [0.29, 0.717) is 5.39 Å². The van der Waals surface area contributed by atoms with E-state index in [1.807, 2.05) is 36.4 Å². The molecule has 0 fully saturated rings. The maximum absolute atomic E-state index is 10.8. The van der Waals surface area contributed by atoms with Crippen LogP contribution in [0.25, 0.3) is 22.0 Å². The summed E-state index contributed by atoms with van der Waals surface area (Å²) in [7, 11) is 0. The lowest BCUT2D eigenvalue weighted by molar-refractivity contribution is -0.385. The van der Waals surface area contributed by atoms with E-state index < -0.39 is 10.7 Å². The molecule has 1 aromatic heterocycles. The molecule has 5 nitrogen and oxygen atoms in total. The molecule has 98 valence electrons. The van der Waals surface area contributed by atoms with Crippen molar-refractivity contribution in [2.45, 2.75) is 0 Å². The first-order valence-electron chi connectivity index (χ1n) is 5.99. The zero-order chi connectivity index (χ0) is 14.1. The van der Waals surface area contributed by atoms with Crippen LogP contribution in [0.4, 0.5) is 5.69 Å². The molecule has 1 heterocycles. The number of fused-ring (bicyclic) bond motifs is 1. The van der Waals surface area contributed by atoms with Crippen LogP contribution in [0.15, 0.2) is 54.7 Å². The van der Waals surface area contributed by atoms with E-state index in [2.05, 4.69) is 4.98 Å². The Morgan fingerprint density at radius 1 is 1.05 bits per heavy atom. The lowest BCUT2D eigenvalue weighted by atomic mass is 10.0. The molecule has 0 aliphatic rings. The summed E-state index contributed by atoms with van der Waals surface area (Å²) in [4.78, 5) is 14.3. The average Bonchev–Trinajstić information content (AvgIpc) is 2.48. The second kappa shape index (κ2) is 4.62. The zero-order valence-corrected chi connectivity index (χ0v) is 10.4. The van der Waals surface area contributed by atoms with Crippen molar-refractivity contribution >= 4 is 16.6 Å². The molecule has 1 N–H and O–H groups in total. The van der Waals surface area contributed by atoms with Crippen molar-refractivity contribution in [3.8, 4) is 16.9 Å². The number of nitro benzene ring substituents is 1. The van der Waals surface area contributed by atoms with Gasteiger partial charge in [-0.1, -0.05) is 30.3 Å². The number of rotatable bonds is 2. The van der Waals surface area contributed by atoms with Gasteiger partial charge in [-0.25, -0.2) is 0 Å².